The van der Waals surface area contributed by atoms with Crippen LogP contribution in [-0.2, 0) is 0 Å². The number of hydrogen-bond acceptors (Lipinski definition) is 2. The molecule has 1 saturated heterocycles. The van der Waals surface area contributed by atoms with Crippen LogP contribution in [0.2, 0.25) is 0 Å². The average molecular weight is 229 g/mol. The highest BCUT2D eigenvalue weighted by Gasteiger charge is 2.25. The molecule has 0 aromatic heterocycles. The minimum atomic E-state index is 0.771. The zero-order valence-electron chi connectivity index (χ0n) is 10.6. The van der Waals surface area contributed by atoms with E-state index in [4.69, 9.17) is 0 Å². The van der Waals surface area contributed by atoms with Gasteiger partial charge in [0.15, 0.2) is 0 Å². The minimum Gasteiger partial charge on any atom is -0.313 e. The minimum absolute atomic E-state index is 0.771. The highest BCUT2D eigenvalue weighted by Crippen LogP contribution is 2.31. The molecule has 0 radical (unpaired) electrons. The van der Waals surface area contributed by atoms with Crippen LogP contribution in [0.5, 0.6) is 0 Å². The van der Waals surface area contributed by atoms with Gasteiger partial charge in [-0.3, -0.25) is 0 Å². The van der Waals surface area contributed by atoms with Crippen LogP contribution in [0, 0.1) is 5.92 Å². The molecule has 0 amide bonds. The highest BCUT2D eigenvalue weighted by molar-refractivity contribution is 8.00. The number of nitrogens with one attached hydrogen (secondary N) is 1. The standard InChI is InChI=1S/C13H27NS/c1-4-8-14-12(10-11(3)5-2)13-7-6-9-15-13/h11-14H,4-10H2,1-3H3. The SMILES string of the molecule is CCCNC(CC(C)CC)C1CCCS1. The molecule has 1 N–H and O–H groups in total. The van der Waals surface area contributed by atoms with Gasteiger partial charge in [-0.05, 0) is 43.9 Å². The maximum atomic E-state index is 3.76. The summed E-state index contributed by atoms with van der Waals surface area (Å²) in [5, 5.41) is 4.65. The summed E-state index contributed by atoms with van der Waals surface area (Å²) in [6, 6.07) is 0.771. The topological polar surface area (TPSA) is 12.0 Å². The van der Waals surface area contributed by atoms with E-state index in [1.54, 1.807) is 0 Å². The van der Waals surface area contributed by atoms with Crippen molar-refractivity contribution in [2.75, 3.05) is 12.3 Å². The van der Waals surface area contributed by atoms with Crippen LogP contribution in [0.3, 0.4) is 0 Å². The van der Waals surface area contributed by atoms with Crippen molar-refractivity contribution in [3.05, 3.63) is 0 Å². The Balaban J connectivity index is 2.36. The van der Waals surface area contributed by atoms with E-state index in [1.807, 2.05) is 0 Å². The molecule has 0 bridgehead atoms. The molecule has 0 aliphatic carbocycles. The first kappa shape index (κ1) is 13.4. The van der Waals surface area contributed by atoms with E-state index in [2.05, 4.69) is 37.8 Å². The van der Waals surface area contributed by atoms with Gasteiger partial charge in [-0.15, -0.1) is 0 Å². The molecule has 1 aliphatic heterocycles. The fourth-order valence-corrected chi connectivity index (χ4v) is 3.63. The van der Waals surface area contributed by atoms with Crippen molar-refractivity contribution in [3.63, 3.8) is 0 Å². The lowest BCUT2D eigenvalue weighted by Gasteiger charge is -2.26. The summed E-state index contributed by atoms with van der Waals surface area (Å²) in [4.78, 5) is 0. The molecule has 1 nitrogen and oxygen atoms in total. The summed E-state index contributed by atoms with van der Waals surface area (Å²) in [5.41, 5.74) is 0. The Hall–Kier alpha value is 0.310. The second-order valence-corrected chi connectivity index (χ2v) is 6.21. The van der Waals surface area contributed by atoms with Crippen molar-refractivity contribution in [2.24, 2.45) is 5.92 Å². The predicted molar refractivity (Wildman–Crippen MR) is 71.6 cm³/mol. The number of rotatable bonds is 7. The molecule has 1 fully saturated rings. The summed E-state index contributed by atoms with van der Waals surface area (Å²) < 4.78 is 0. The zero-order valence-corrected chi connectivity index (χ0v) is 11.4. The van der Waals surface area contributed by atoms with Gasteiger partial charge in [-0.1, -0.05) is 27.2 Å². The monoisotopic (exact) mass is 229 g/mol. The summed E-state index contributed by atoms with van der Waals surface area (Å²) in [5.74, 6) is 2.26. The third kappa shape index (κ3) is 4.78. The van der Waals surface area contributed by atoms with E-state index < -0.39 is 0 Å². The van der Waals surface area contributed by atoms with E-state index >= 15 is 0 Å². The first-order valence-electron chi connectivity index (χ1n) is 6.62. The highest BCUT2D eigenvalue weighted by atomic mass is 32.2. The van der Waals surface area contributed by atoms with Crippen LogP contribution in [0.25, 0.3) is 0 Å². The van der Waals surface area contributed by atoms with Gasteiger partial charge in [0.25, 0.3) is 0 Å². The van der Waals surface area contributed by atoms with Crippen molar-refractivity contribution in [3.8, 4) is 0 Å². The molecule has 0 spiro atoms. The van der Waals surface area contributed by atoms with Crippen LogP contribution >= 0.6 is 11.8 Å². The Labute approximate surface area is 99.8 Å². The van der Waals surface area contributed by atoms with Crippen molar-refractivity contribution >= 4 is 11.8 Å². The fraction of sp³-hybridized carbons (Fsp3) is 1.00. The second kappa shape index (κ2) is 7.56. The Morgan fingerprint density at radius 3 is 2.73 bits per heavy atom. The van der Waals surface area contributed by atoms with Gasteiger partial charge < -0.3 is 5.32 Å². The third-order valence-corrected chi connectivity index (χ3v) is 4.94. The maximum absolute atomic E-state index is 3.76. The van der Waals surface area contributed by atoms with E-state index in [9.17, 15) is 0 Å². The molecule has 1 aliphatic rings. The normalized spacial score (nSPS) is 25.4. The molecule has 1 heterocycles. The summed E-state index contributed by atoms with van der Waals surface area (Å²) in [7, 11) is 0. The lowest BCUT2D eigenvalue weighted by Crippen LogP contribution is -2.38. The van der Waals surface area contributed by atoms with Gasteiger partial charge >= 0.3 is 0 Å². The van der Waals surface area contributed by atoms with Gasteiger partial charge in [-0.25, -0.2) is 0 Å². The summed E-state index contributed by atoms with van der Waals surface area (Å²) >= 11 is 2.19. The van der Waals surface area contributed by atoms with Crippen LogP contribution in [0.4, 0.5) is 0 Å². The van der Waals surface area contributed by atoms with Gasteiger partial charge in [0.05, 0.1) is 0 Å². The zero-order chi connectivity index (χ0) is 11.1. The molecular weight excluding hydrogens is 202 g/mol. The molecule has 0 aromatic carbocycles. The molecule has 3 unspecified atom stereocenters. The molecule has 3 atom stereocenters. The first-order valence-corrected chi connectivity index (χ1v) is 7.67. The van der Waals surface area contributed by atoms with Crippen LogP contribution in [0.15, 0.2) is 0 Å². The van der Waals surface area contributed by atoms with Crippen LogP contribution < -0.4 is 5.32 Å². The number of hydrogen-bond donors (Lipinski definition) is 1. The third-order valence-electron chi connectivity index (χ3n) is 3.42. The molecule has 0 saturated carbocycles. The summed E-state index contributed by atoms with van der Waals surface area (Å²) in [6.07, 6.45) is 6.81. The van der Waals surface area contributed by atoms with Crippen LogP contribution in [-0.4, -0.2) is 23.6 Å². The quantitative estimate of drug-likeness (QED) is 0.714. The summed E-state index contributed by atoms with van der Waals surface area (Å²) in [6.45, 7) is 8.15. The van der Waals surface area contributed by atoms with Crippen LogP contribution in [0.1, 0.15) is 52.9 Å². The van der Waals surface area contributed by atoms with Gasteiger partial charge in [-0.2, -0.15) is 11.8 Å². The molecule has 1 rings (SSSR count). The Morgan fingerprint density at radius 2 is 2.20 bits per heavy atom. The van der Waals surface area contributed by atoms with Crippen molar-refractivity contribution in [1.82, 2.24) is 5.32 Å². The van der Waals surface area contributed by atoms with Crippen molar-refractivity contribution < 1.29 is 0 Å². The van der Waals surface area contributed by atoms with E-state index in [0.29, 0.717) is 0 Å². The Morgan fingerprint density at radius 1 is 1.40 bits per heavy atom. The molecule has 90 valence electrons. The van der Waals surface area contributed by atoms with E-state index in [0.717, 1.165) is 17.2 Å². The fourth-order valence-electron chi connectivity index (χ4n) is 2.22. The van der Waals surface area contributed by atoms with Crippen molar-refractivity contribution in [2.45, 2.75) is 64.2 Å². The average Bonchev–Trinajstić information content (AvgIpc) is 2.77. The first-order chi connectivity index (χ1) is 7.27. The second-order valence-electron chi connectivity index (χ2n) is 4.86. The molecule has 2 heteroatoms. The largest absolute Gasteiger partial charge is 0.313 e. The smallest absolute Gasteiger partial charge is 0.0201 e. The lowest BCUT2D eigenvalue weighted by atomic mass is 9.95. The Kier molecular flexibility index (Phi) is 6.74. The maximum Gasteiger partial charge on any atom is 0.0201 e. The lowest BCUT2D eigenvalue weighted by molar-refractivity contribution is 0.381. The Bertz CT molecular complexity index is 155. The van der Waals surface area contributed by atoms with Gasteiger partial charge in [0.1, 0.15) is 0 Å². The predicted octanol–water partition coefficient (Wildman–Crippen LogP) is 3.69. The molecule has 0 aromatic rings. The van der Waals surface area contributed by atoms with Crippen molar-refractivity contribution in [1.29, 1.82) is 0 Å². The van der Waals surface area contributed by atoms with E-state index in [1.165, 1.54) is 44.4 Å². The van der Waals surface area contributed by atoms with Gasteiger partial charge in [0, 0.05) is 11.3 Å². The molecular formula is C13H27NS. The number of thioether (sulfide) groups is 1. The van der Waals surface area contributed by atoms with E-state index in [-0.39, 0.29) is 0 Å². The molecule has 15 heavy (non-hydrogen) atoms. The van der Waals surface area contributed by atoms with Gasteiger partial charge in [0.2, 0.25) is 0 Å².